The number of anilines is 2. The van der Waals surface area contributed by atoms with Gasteiger partial charge in [0.25, 0.3) is 0 Å². The van der Waals surface area contributed by atoms with E-state index >= 15 is 0 Å². The van der Waals surface area contributed by atoms with Crippen molar-refractivity contribution in [2.24, 2.45) is 0 Å². The van der Waals surface area contributed by atoms with Crippen molar-refractivity contribution in [1.82, 2.24) is 0 Å². The number of hydrogen-bond donors (Lipinski definition) is 1. The van der Waals surface area contributed by atoms with Gasteiger partial charge < -0.3 is 10.1 Å². The lowest BCUT2D eigenvalue weighted by atomic mass is 10.2. The largest absolute Gasteiger partial charge is 0.494 e. The van der Waals surface area contributed by atoms with Crippen LogP contribution in [0.25, 0.3) is 0 Å². The molecule has 2 rings (SSSR count). The van der Waals surface area contributed by atoms with Crippen molar-refractivity contribution in [3.63, 3.8) is 0 Å². The average Bonchev–Trinajstić information content (AvgIpc) is 2.47. The van der Waals surface area contributed by atoms with E-state index in [4.69, 9.17) is 10.00 Å². The fourth-order valence-electron chi connectivity index (χ4n) is 1.73. The van der Waals surface area contributed by atoms with Gasteiger partial charge in [-0.2, -0.15) is 5.26 Å². The Morgan fingerprint density at radius 1 is 1.20 bits per heavy atom. The Bertz CT molecular complexity index is 617. The topological polar surface area (TPSA) is 45.0 Å². The number of nitriles is 1. The standard InChI is InChI=1S/C16H15BrN2O/c1-2-9-20-15-7-5-14(6-8-15)19-16-10-13(17)4-3-12(16)11-18/h3-8,10,19H,2,9H2,1H3. The summed E-state index contributed by atoms with van der Waals surface area (Å²) in [6.07, 6.45) is 0.990. The van der Waals surface area contributed by atoms with Gasteiger partial charge in [0.05, 0.1) is 17.9 Å². The van der Waals surface area contributed by atoms with Crippen LogP contribution in [0.4, 0.5) is 11.4 Å². The lowest BCUT2D eigenvalue weighted by Gasteiger charge is -2.10. The van der Waals surface area contributed by atoms with Crippen molar-refractivity contribution >= 4 is 27.3 Å². The van der Waals surface area contributed by atoms with Gasteiger partial charge in [0.1, 0.15) is 11.8 Å². The summed E-state index contributed by atoms with van der Waals surface area (Å²) in [4.78, 5) is 0. The number of halogens is 1. The predicted molar refractivity (Wildman–Crippen MR) is 84.4 cm³/mol. The molecule has 2 aromatic rings. The van der Waals surface area contributed by atoms with Gasteiger partial charge in [-0.05, 0) is 48.9 Å². The van der Waals surface area contributed by atoms with Crippen LogP contribution in [0.15, 0.2) is 46.9 Å². The number of nitrogens with one attached hydrogen (secondary N) is 1. The molecular formula is C16H15BrN2O. The molecule has 0 unspecified atom stereocenters. The second kappa shape index (κ2) is 6.97. The van der Waals surface area contributed by atoms with E-state index in [1.807, 2.05) is 36.4 Å². The van der Waals surface area contributed by atoms with Crippen molar-refractivity contribution in [3.8, 4) is 11.8 Å². The van der Waals surface area contributed by atoms with E-state index < -0.39 is 0 Å². The molecule has 0 saturated heterocycles. The molecule has 2 aromatic carbocycles. The maximum Gasteiger partial charge on any atom is 0.119 e. The Kier molecular flexibility index (Phi) is 5.03. The molecule has 0 bridgehead atoms. The number of nitrogens with zero attached hydrogens (tertiary/aromatic N) is 1. The van der Waals surface area contributed by atoms with Gasteiger partial charge in [0.2, 0.25) is 0 Å². The van der Waals surface area contributed by atoms with Crippen LogP contribution in [0.3, 0.4) is 0 Å². The van der Waals surface area contributed by atoms with E-state index in [0.29, 0.717) is 5.56 Å². The minimum absolute atomic E-state index is 0.611. The molecule has 0 aliphatic heterocycles. The van der Waals surface area contributed by atoms with Crippen molar-refractivity contribution in [2.75, 3.05) is 11.9 Å². The zero-order valence-electron chi connectivity index (χ0n) is 11.2. The number of benzene rings is 2. The SMILES string of the molecule is CCCOc1ccc(Nc2cc(Br)ccc2C#N)cc1. The number of rotatable bonds is 5. The van der Waals surface area contributed by atoms with Crippen LogP contribution in [-0.2, 0) is 0 Å². The molecule has 0 aliphatic carbocycles. The number of ether oxygens (including phenoxy) is 1. The van der Waals surface area contributed by atoms with Crippen LogP contribution in [0.1, 0.15) is 18.9 Å². The van der Waals surface area contributed by atoms with Gasteiger partial charge in [-0.1, -0.05) is 22.9 Å². The Morgan fingerprint density at radius 3 is 2.60 bits per heavy atom. The van der Waals surface area contributed by atoms with E-state index in [1.165, 1.54) is 0 Å². The molecule has 0 atom stereocenters. The molecule has 0 spiro atoms. The third-order valence-corrected chi connectivity index (χ3v) is 3.20. The highest BCUT2D eigenvalue weighted by atomic mass is 79.9. The van der Waals surface area contributed by atoms with Crippen LogP contribution in [-0.4, -0.2) is 6.61 Å². The van der Waals surface area contributed by atoms with E-state index in [2.05, 4.69) is 34.2 Å². The second-order valence-corrected chi connectivity index (χ2v) is 5.22. The monoisotopic (exact) mass is 330 g/mol. The van der Waals surface area contributed by atoms with E-state index in [9.17, 15) is 0 Å². The summed E-state index contributed by atoms with van der Waals surface area (Å²) < 4.78 is 6.47. The third kappa shape index (κ3) is 3.75. The summed E-state index contributed by atoms with van der Waals surface area (Å²) in [5, 5.41) is 12.3. The van der Waals surface area contributed by atoms with Gasteiger partial charge in [-0.15, -0.1) is 0 Å². The van der Waals surface area contributed by atoms with E-state index in [1.54, 1.807) is 6.07 Å². The summed E-state index contributed by atoms with van der Waals surface area (Å²) >= 11 is 3.41. The van der Waals surface area contributed by atoms with Gasteiger partial charge in [-0.25, -0.2) is 0 Å². The maximum absolute atomic E-state index is 9.10. The van der Waals surface area contributed by atoms with Crippen molar-refractivity contribution in [3.05, 3.63) is 52.5 Å². The van der Waals surface area contributed by atoms with Gasteiger partial charge >= 0.3 is 0 Å². The van der Waals surface area contributed by atoms with Crippen molar-refractivity contribution in [2.45, 2.75) is 13.3 Å². The van der Waals surface area contributed by atoms with E-state index in [-0.39, 0.29) is 0 Å². The molecule has 1 N–H and O–H groups in total. The number of hydrogen-bond acceptors (Lipinski definition) is 3. The fourth-order valence-corrected chi connectivity index (χ4v) is 2.09. The van der Waals surface area contributed by atoms with Crippen LogP contribution < -0.4 is 10.1 Å². The first-order chi connectivity index (χ1) is 9.72. The molecule has 20 heavy (non-hydrogen) atoms. The molecule has 0 heterocycles. The minimum Gasteiger partial charge on any atom is -0.494 e. The smallest absolute Gasteiger partial charge is 0.119 e. The molecule has 0 aliphatic rings. The highest BCUT2D eigenvalue weighted by Crippen LogP contribution is 2.25. The first-order valence-corrected chi connectivity index (χ1v) is 7.21. The van der Waals surface area contributed by atoms with Gasteiger partial charge in [0.15, 0.2) is 0 Å². The Morgan fingerprint density at radius 2 is 1.95 bits per heavy atom. The van der Waals surface area contributed by atoms with Crippen molar-refractivity contribution < 1.29 is 4.74 Å². The van der Waals surface area contributed by atoms with Crippen LogP contribution >= 0.6 is 15.9 Å². The highest BCUT2D eigenvalue weighted by molar-refractivity contribution is 9.10. The average molecular weight is 331 g/mol. The highest BCUT2D eigenvalue weighted by Gasteiger charge is 2.03. The molecule has 0 amide bonds. The molecule has 0 fully saturated rings. The molecule has 4 heteroatoms. The Balaban J connectivity index is 2.14. The molecular weight excluding hydrogens is 316 g/mol. The van der Waals surface area contributed by atoms with Crippen molar-refractivity contribution in [1.29, 1.82) is 5.26 Å². The molecule has 102 valence electrons. The first-order valence-electron chi connectivity index (χ1n) is 6.42. The lowest BCUT2D eigenvalue weighted by molar-refractivity contribution is 0.317. The molecule has 3 nitrogen and oxygen atoms in total. The Hall–Kier alpha value is -1.99. The molecule has 0 aromatic heterocycles. The van der Waals surface area contributed by atoms with Crippen LogP contribution in [0.5, 0.6) is 5.75 Å². The summed E-state index contributed by atoms with van der Waals surface area (Å²) in [5.74, 6) is 0.854. The fraction of sp³-hybridized carbons (Fsp3) is 0.188. The first kappa shape index (κ1) is 14.4. The third-order valence-electron chi connectivity index (χ3n) is 2.71. The normalized spacial score (nSPS) is 9.85. The minimum atomic E-state index is 0.611. The summed E-state index contributed by atoms with van der Waals surface area (Å²) in [6, 6.07) is 15.4. The van der Waals surface area contributed by atoms with Gasteiger partial charge in [0, 0.05) is 10.2 Å². The summed E-state index contributed by atoms with van der Waals surface area (Å²) in [6.45, 7) is 2.80. The van der Waals surface area contributed by atoms with Crippen LogP contribution in [0.2, 0.25) is 0 Å². The second-order valence-electron chi connectivity index (χ2n) is 4.30. The van der Waals surface area contributed by atoms with Gasteiger partial charge in [-0.3, -0.25) is 0 Å². The zero-order valence-corrected chi connectivity index (χ0v) is 12.8. The quantitative estimate of drug-likeness (QED) is 0.851. The maximum atomic E-state index is 9.10. The lowest BCUT2D eigenvalue weighted by Crippen LogP contribution is -1.96. The molecule has 0 saturated carbocycles. The predicted octanol–water partition coefficient (Wildman–Crippen LogP) is 4.85. The Labute approximate surface area is 127 Å². The summed E-state index contributed by atoms with van der Waals surface area (Å²) in [7, 11) is 0. The van der Waals surface area contributed by atoms with Crippen LogP contribution in [0, 0.1) is 11.3 Å². The molecule has 0 radical (unpaired) electrons. The zero-order chi connectivity index (χ0) is 14.4. The summed E-state index contributed by atoms with van der Waals surface area (Å²) in [5.41, 5.74) is 2.31. The van der Waals surface area contributed by atoms with E-state index in [0.717, 1.165) is 34.6 Å².